The molecule has 2 rings (SSSR count). The summed E-state index contributed by atoms with van der Waals surface area (Å²) < 4.78 is 27.5. The van der Waals surface area contributed by atoms with Crippen molar-refractivity contribution in [2.24, 2.45) is 4.40 Å². The standard InChI is InChI=1S/C13H11NO4S/c15-13(16)10-6-8-11(9-7-10)14-19(17,18)12-4-2-1-3-5-12/h1-9,15-16H/p-2. The Morgan fingerprint density at radius 3 is 2.05 bits per heavy atom. The van der Waals surface area contributed by atoms with Gasteiger partial charge in [0.15, 0.2) is 0 Å². The van der Waals surface area contributed by atoms with Gasteiger partial charge in [-0.1, -0.05) is 30.4 Å². The number of sulfonamides is 1. The van der Waals surface area contributed by atoms with Gasteiger partial charge in [-0.05, 0) is 29.9 Å². The molecule has 6 heteroatoms. The Balaban J connectivity index is 2.33. The molecule has 98 valence electrons. The quantitative estimate of drug-likeness (QED) is 0.703. The molecule has 0 atom stereocenters. The van der Waals surface area contributed by atoms with Crippen LogP contribution >= 0.6 is 0 Å². The van der Waals surface area contributed by atoms with Gasteiger partial charge in [-0.3, -0.25) is 0 Å². The zero-order valence-electron chi connectivity index (χ0n) is 9.68. The van der Waals surface area contributed by atoms with E-state index >= 15 is 0 Å². The summed E-state index contributed by atoms with van der Waals surface area (Å²) in [5, 5.41) is 21.1. The van der Waals surface area contributed by atoms with E-state index in [1.165, 1.54) is 36.4 Å². The second kappa shape index (κ2) is 5.11. The molecule has 19 heavy (non-hydrogen) atoms. The lowest BCUT2D eigenvalue weighted by Gasteiger charge is -2.21. The number of rotatable bonds is 2. The Bertz CT molecular complexity index is 675. The molecule has 0 aliphatic heterocycles. The van der Waals surface area contributed by atoms with Crippen LogP contribution < -0.4 is 10.2 Å². The maximum atomic E-state index is 11.9. The molecule has 0 heterocycles. The molecule has 0 aromatic heterocycles. The summed E-state index contributed by atoms with van der Waals surface area (Å²) in [7, 11) is -3.78. The average molecular weight is 275 g/mol. The molecule has 0 unspecified atom stereocenters. The minimum Gasteiger partial charge on any atom is -0.884 e. The number of nitrogens with zero attached hydrogens (tertiary/aromatic N) is 1. The van der Waals surface area contributed by atoms with Crippen LogP contribution in [0.1, 0.15) is 0 Å². The van der Waals surface area contributed by atoms with Gasteiger partial charge in [0.25, 0.3) is 10.0 Å². The van der Waals surface area contributed by atoms with Gasteiger partial charge in [0, 0.05) is 0 Å². The highest BCUT2D eigenvalue weighted by molar-refractivity contribution is 7.90. The third kappa shape index (κ3) is 3.11. The van der Waals surface area contributed by atoms with Crippen LogP contribution in [0.2, 0.25) is 0 Å². The van der Waals surface area contributed by atoms with Crippen LogP contribution in [0, 0.1) is 0 Å². The summed E-state index contributed by atoms with van der Waals surface area (Å²) in [4.78, 5) is 0.0824. The molecule has 0 fully saturated rings. The fourth-order valence-corrected chi connectivity index (χ4v) is 2.45. The molecule has 0 spiro atoms. The lowest BCUT2D eigenvalue weighted by Crippen LogP contribution is -2.20. The molecule has 0 amide bonds. The first-order chi connectivity index (χ1) is 8.99. The summed E-state index contributed by atoms with van der Waals surface area (Å²) in [5.74, 6) is -1.32. The van der Waals surface area contributed by atoms with Gasteiger partial charge < -0.3 is 10.2 Å². The van der Waals surface area contributed by atoms with Gasteiger partial charge in [0.1, 0.15) is 0 Å². The van der Waals surface area contributed by atoms with Crippen molar-refractivity contribution in [3.05, 3.63) is 66.2 Å². The number of hydrogen-bond acceptors (Lipinski definition) is 4. The van der Waals surface area contributed by atoms with E-state index in [4.69, 9.17) is 0 Å². The van der Waals surface area contributed by atoms with Crippen molar-refractivity contribution in [1.29, 1.82) is 0 Å². The monoisotopic (exact) mass is 275 g/mol. The van der Waals surface area contributed by atoms with E-state index in [9.17, 15) is 18.6 Å². The minimum atomic E-state index is -3.78. The predicted molar refractivity (Wildman–Crippen MR) is 66.4 cm³/mol. The third-order valence-electron chi connectivity index (χ3n) is 2.37. The van der Waals surface area contributed by atoms with E-state index in [1.54, 1.807) is 18.2 Å². The first-order valence-electron chi connectivity index (χ1n) is 5.33. The lowest BCUT2D eigenvalue weighted by molar-refractivity contribution is -0.514. The number of benzene rings is 1. The second-order valence-electron chi connectivity index (χ2n) is 3.71. The van der Waals surface area contributed by atoms with Gasteiger partial charge in [0.2, 0.25) is 0 Å². The number of hydrogen-bond donors (Lipinski definition) is 0. The maximum absolute atomic E-state index is 11.9. The van der Waals surface area contributed by atoms with Crippen molar-refractivity contribution >= 4 is 15.7 Å². The lowest BCUT2D eigenvalue weighted by atomic mass is 10.1. The summed E-state index contributed by atoms with van der Waals surface area (Å²) in [6, 6.07) is 7.78. The summed E-state index contributed by atoms with van der Waals surface area (Å²) in [6.45, 7) is 0. The predicted octanol–water partition coefficient (Wildman–Crippen LogP) is -0.126. The maximum Gasteiger partial charge on any atom is 0.282 e. The van der Waals surface area contributed by atoms with Gasteiger partial charge >= 0.3 is 0 Å². The third-order valence-corrected chi connectivity index (χ3v) is 3.69. The summed E-state index contributed by atoms with van der Waals surface area (Å²) in [5.41, 5.74) is 0.130. The first-order valence-corrected chi connectivity index (χ1v) is 6.77. The van der Waals surface area contributed by atoms with Crippen LogP contribution in [0.25, 0.3) is 0 Å². The van der Waals surface area contributed by atoms with Gasteiger partial charge in [-0.15, -0.1) is 0 Å². The minimum absolute atomic E-state index is 0.0314. The van der Waals surface area contributed by atoms with Crippen LogP contribution in [-0.2, 0) is 10.0 Å². The van der Waals surface area contributed by atoms with Gasteiger partial charge in [-0.25, -0.2) is 0 Å². The van der Waals surface area contributed by atoms with E-state index in [0.29, 0.717) is 0 Å². The van der Waals surface area contributed by atoms with E-state index < -0.39 is 16.0 Å². The molecule has 0 saturated carbocycles. The molecular formula is C13H9NO4S-2. The molecule has 1 aliphatic rings. The van der Waals surface area contributed by atoms with Gasteiger partial charge in [0.05, 0.1) is 10.6 Å². The SMILES string of the molecule is O=S(=O)(N=C1C=CC(=C([O-])[O-])C=C1)c1ccccc1. The number of allylic oxidation sites excluding steroid dienone is 5. The van der Waals surface area contributed by atoms with Crippen LogP contribution in [0.5, 0.6) is 0 Å². The fourth-order valence-electron chi connectivity index (χ4n) is 1.44. The zero-order valence-corrected chi connectivity index (χ0v) is 10.5. The molecule has 0 radical (unpaired) electrons. The van der Waals surface area contributed by atoms with Crippen LogP contribution in [0.15, 0.2) is 75.4 Å². The molecule has 5 nitrogen and oxygen atoms in total. The highest BCUT2D eigenvalue weighted by Gasteiger charge is 2.12. The van der Waals surface area contributed by atoms with E-state index in [0.717, 1.165) is 0 Å². The topological polar surface area (TPSA) is 92.6 Å². The van der Waals surface area contributed by atoms with Crippen molar-refractivity contribution in [3.8, 4) is 0 Å². The smallest absolute Gasteiger partial charge is 0.282 e. The molecule has 0 N–H and O–H groups in total. The largest absolute Gasteiger partial charge is 0.884 e. The highest BCUT2D eigenvalue weighted by Crippen LogP contribution is 2.14. The van der Waals surface area contributed by atoms with Crippen molar-refractivity contribution in [2.45, 2.75) is 4.90 Å². The first kappa shape index (κ1) is 13.1. The van der Waals surface area contributed by atoms with E-state index in [-0.39, 0.29) is 16.2 Å². The average Bonchev–Trinajstić information content (AvgIpc) is 2.40. The Hall–Kier alpha value is -2.34. The molecule has 0 saturated heterocycles. The normalized spacial score (nSPS) is 14.5. The Kier molecular flexibility index (Phi) is 3.52. The zero-order chi connectivity index (χ0) is 13.9. The Morgan fingerprint density at radius 1 is 0.947 bits per heavy atom. The van der Waals surface area contributed by atoms with Crippen LogP contribution in [0.4, 0.5) is 0 Å². The second-order valence-corrected chi connectivity index (χ2v) is 5.32. The van der Waals surface area contributed by atoms with Crippen molar-refractivity contribution in [3.63, 3.8) is 0 Å². The molecule has 0 bridgehead atoms. The Labute approximate surface area is 110 Å². The Morgan fingerprint density at radius 2 is 1.53 bits per heavy atom. The van der Waals surface area contributed by atoms with Crippen molar-refractivity contribution < 1.29 is 18.6 Å². The van der Waals surface area contributed by atoms with Gasteiger partial charge in [-0.2, -0.15) is 18.8 Å². The molecule has 1 aromatic rings. The molecular weight excluding hydrogens is 266 g/mol. The molecule has 1 aliphatic carbocycles. The van der Waals surface area contributed by atoms with Crippen molar-refractivity contribution in [2.75, 3.05) is 0 Å². The van der Waals surface area contributed by atoms with Crippen LogP contribution in [-0.4, -0.2) is 14.1 Å². The highest BCUT2D eigenvalue weighted by atomic mass is 32.2. The van der Waals surface area contributed by atoms with Crippen LogP contribution in [0.3, 0.4) is 0 Å². The van der Waals surface area contributed by atoms with Crippen molar-refractivity contribution in [1.82, 2.24) is 0 Å². The summed E-state index contributed by atoms with van der Waals surface area (Å²) in [6.07, 6.45) is 5.11. The summed E-state index contributed by atoms with van der Waals surface area (Å²) >= 11 is 0. The fraction of sp³-hybridized carbons (Fsp3) is 0. The van der Waals surface area contributed by atoms with E-state index in [2.05, 4.69) is 4.40 Å². The van der Waals surface area contributed by atoms with E-state index in [1.807, 2.05) is 0 Å². The molecule has 1 aromatic carbocycles.